The third kappa shape index (κ3) is 2.85. The lowest BCUT2D eigenvalue weighted by Gasteiger charge is -2.17. The third-order valence-corrected chi connectivity index (χ3v) is 2.73. The van der Waals surface area contributed by atoms with Gasteiger partial charge in [0.1, 0.15) is 11.9 Å². The van der Waals surface area contributed by atoms with E-state index in [0.29, 0.717) is 0 Å². The van der Waals surface area contributed by atoms with Gasteiger partial charge in [0.25, 0.3) is 0 Å². The number of rotatable bonds is 2. The summed E-state index contributed by atoms with van der Waals surface area (Å²) < 4.78 is 19.0. The molecule has 0 amide bonds. The van der Waals surface area contributed by atoms with E-state index in [9.17, 15) is 4.39 Å². The van der Waals surface area contributed by atoms with Crippen LogP contribution in [-0.4, -0.2) is 24.3 Å². The highest BCUT2D eigenvalue weighted by molar-refractivity contribution is 5.32. The predicted octanol–water partition coefficient (Wildman–Crippen LogP) is 2.05. The van der Waals surface area contributed by atoms with E-state index in [-0.39, 0.29) is 17.6 Å². The van der Waals surface area contributed by atoms with Crippen molar-refractivity contribution < 1.29 is 14.2 Å². The maximum Gasteiger partial charge on any atom is 0.168 e. The summed E-state index contributed by atoms with van der Waals surface area (Å²) in [6, 6.07) is 3.99. The summed E-state index contributed by atoms with van der Waals surface area (Å²) in [5.41, 5.74) is 0. The van der Waals surface area contributed by atoms with E-state index in [4.69, 9.17) is 9.84 Å². The number of ether oxygens (including phenoxy) is 1. The fraction of sp³-hybridized carbons (Fsp3) is 0.500. The molecule has 1 heterocycles. The number of nitrogens with one attached hydrogen (secondary N) is 1. The second-order valence-electron chi connectivity index (χ2n) is 4.04. The Morgan fingerprint density at radius 3 is 3.00 bits per heavy atom. The van der Waals surface area contributed by atoms with E-state index in [2.05, 4.69) is 5.32 Å². The number of hydrogen-bond acceptors (Lipinski definition) is 3. The van der Waals surface area contributed by atoms with Gasteiger partial charge in [0.15, 0.2) is 11.6 Å². The minimum absolute atomic E-state index is 0.0639. The van der Waals surface area contributed by atoms with Gasteiger partial charge in [-0.2, -0.15) is 0 Å². The van der Waals surface area contributed by atoms with Crippen LogP contribution >= 0.6 is 0 Å². The van der Waals surface area contributed by atoms with E-state index >= 15 is 0 Å². The van der Waals surface area contributed by atoms with Gasteiger partial charge in [-0.15, -0.1) is 0 Å². The third-order valence-electron chi connectivity index (χ3n) is 2.73. The average Bonchev–Trinajstić information content (AvgIpc) is 2.51. The van der Waals surface area contributed by atoms with Crippen molar-refractivity contribution in [3.63, 3.8) is 0 Å². The van der Waals surface area contributed by atoms with Gasteiger partial charge >= 0.3 is 0 Å². The smallest absolute Gasteiger partial charge is 0.168 e. The van der Waals surface area contributed by atoms with E-state index in [1.165, 1.54) is 12.1 Å². The van der Waals surface area contributed by atoms with E-state index in [0.717, 1.165) is 38.4 Å². The number of hydrogen-bond donors (Lipinski definition) is 2. The SMILES string of the molecule is Oc1ccc(OC2CCCNCC2)c(F)c1. The lowest BCUT2D eigenvalue weighted by molar-refractivity contribution is 0.179. The molecule has 0 radical (unpaired) electrons. The summed E-state index contributed by atoms with van der Waals surface area (Å²) >= 11 is 0. The van der Waals surface area contributed by atoms with Crippen LogP contribution in [0.1, 0.15) is 19.3 Å². The largest absolute Gasteiger partial charge is 0.508 e. The van der Waals surface area contributed by atoms with Crippen molar-refractivity contribution in [2.75, 3.05) is 13.1 Å². The Morgan fingerprint density at radius 2 is 2.19 bits per heavy atom. The van der Waals surface area contributed by atoms with Crippen LogP contribution in [0.4, 0.5) is 4.39 Å². The Hall–Kier alpha value is -1.29. The minimum Gasteiger partial charge on any atom is -0.508 e. The second-order valence-corrected chi connectivity index (χ2v) is 4.04. The van der Waals surface area contributed by atoms with Crippen LogP contribution in [0.25, 0.3) is 0 Å². The molecule has 4 heteroatoms. The zero-order chi connectivity index (χ0) is 11.4. The molecular weight excluding hydrogens is 209 g/mol. The average molecular weight is 225 g/mol. The van der Waals surface area contributed by atoms with Crippen LogP contribution in [0.2, 0.25) is 0 Å². The maximum atomic E-state index is 13.4. The molecule has 1 fully saturated rings. The molecule has 88 valence electrons. The maximum absolute atomic E-state index is 13.4. The lowest BCUT2D eigenvalue weighted by atomic mass is 10.1. The van der Waals surface area contributed by atoms with Crippen molar-refractivity contribution in [2.24, 2.45) is 0 Å². The van der Waals surface area contributed by atoms with Crippen molar-refractivity contribution in [3.8, 4) is 11.5 Å². The zero-order valence-corrected chi connectivity index (χ0v) is 9.08. The van der Waals surface area contributed by atoms with E-state index in [1.807, 2.05) is 0 Å². The molecule has 1 atom stereocenters. The van der Waals surface area contributed by atoms with Crippen LogP contribution in [0.3, 0.4) is 0 Å². The molecule has 1 saturated heterocycles. The Balaban J connectivity index is 2.01. The van der Waals surface area contributed by atoms with Gasteiger partial charge in [-0.3, -0.25) is 0 Å². The standard InChI is InChI=1S/C12H16FNO2/c13-11-8-9(15)3-4-12(11)16-10-2-1-6-14-7-5-10/h3-4,8,10,14-15H,1-2,5-7H2. The molecule has 1 aliphatic rings. The molecule has 16 heavy (non-hydrogen) atoms. The number of aromatic hydroxyl groups is 1. The first-order valence-electron chi connectivity index (χ1n) is 5.61. The topological polar surface area (TPSA) is 41.5 Å². The van der Waals surface area contributed by atoms with Crippen LogP contribution in [0.15, 0.2) is 18.2 Å². The summed E-state index contributed by atoms with van der Waals surface area (Å²) in [7, 11) is 0. The number of phenols is 1. The molecule has 0 spiro atoms. The van der Waals surface area contributed by atoms with Crippen LogP contribution in [-0.2, 0) is 0 Å². The Morgan fingerprint density at radius 1 is 1.31 bits per heavy atom. The highest BCUT2D eigenvalue weighted by atomic mass is 19.1. The van der Waals surface area contributed by atoms with Crippen LogP contribution < -0.4 is 10.1 Å². The summed E-state index contributed by atoms with van der Waals surface area (Å²) in [4.78, 5) is 0. The predicted molar refractivity (Wildman–Crippen MR) is 59.2 cm³/mol. The molecule has 2 N–H and O–H groups in total. The molecular formula is C12H16FNO2. The number of benzene rings is 1. The number of phenolic OH excluding ortho intramolecular Hbond substituents is 1. The fourth-order valence-corrected chi connectivity index (χ4v) is 1.87. The zero-order valence-electron chi connectivity index (χ0n) is 9.08. The lowest BCUT2D eigenvalue weighted by Crippen LogP contribution is -2.19. The molecule has 1 unspecified atom stereocenters. The second kappa shape index (κ2) is 5.16. The molecule has 1 aromatic rings. The van der Waals surface area contributed by atoms with Gasteiger partial charge in [-0.05, 0) is 44.5 Å². The van der Waals surface area contributed by atoms with Crippen molar-refractivity contribution in [3.05, 3.63) is 24.0 Å². The van der Waals surface area contributed by atoms with Crippen molar-refractivity contribution in [1.29, 1.82) is 0 Å². The fourth-order valence-electron chi connectivity index (χ4n) is 1.87. The van der Waals surface area contributed by atoms with Crippen LogP contribution in [0, 0.1) is 5.82 Å². The van der Waals surface area contributed by atoms with Gasteiger partial charge in [-0.1, -0.05) is 0 Å². The van der Waals surface area contributed by atoms with Gasteiger partial charge in [-0.25, -0.2) is 4.39 Å². The van der Waals surface area contributed by atoms with Gasteiger partial charge in [0.05, 0.1) is 0 Å². The Bertz CT molecular complexity index is 349. The molecule has 0 aromatic heterocycles. The molecule has 0 saturated carbocycles. The van der Waals surface area contributed by atoms with Crippen molar-refractivity contribution in [1.82, 2.24) is 5.32 Å². The first kappa shape index (κ1) is 11.2. The summed E-state index contributed by atoms with van der Waals surface area (Å²) in [5, 5.41) is 12.4. The number of halogens is 1. The first-order chi connectivity index (χ1) is 7.75. The summed E-state index contributed by atoms with van der Waals surface area (Å²) in [5.74, 6) is -0.353. The van der Waals surface area contributed by atoms with Gasteiger partial charge in [0, 0.05) is 6.07 Å². The Labute approximate surface area is 94.2 Å². The Kier molecular flexibility index (Phi) is 3.62. The quantitative estimate of drug-likeness (QED) is 0.809. The minimum atomic E-state index is -0.503. The normalized spacial score (nSPS) is 21.4. The highest BCUT2D eigenvalue weighted by Crippen LogP contribution is 2.24. The van der Waals surface area contributed by atoms with Crippen molar-refractivity contribution >= 4 is 0 Å². The van der Waals surface area contributed by atoms with Gasteiger partial charge in [0.2, 0.25) is 0 Å². The first-order valence-corrected chi connectivity index (χ1v) is 5.61. The van der Waals surface area contributed by atoms with Gasteiger partial charge < -0.3 is 15.2 Å². The summed E-state index contributed by atoms with van der Waals surface area (Å²) in [6.07, 6.45) is 2.94. The van der Waals surface area contributed by atoms with Crippen LogP contribution in [0.5, 0.6) is 11.5 Å². The summed E-state index contributed by atoms with van der Waals surface area (Å²) in [6.45, 7) is 1.91. The molecule has 1 aromatic carbocycles. The highest BCUT2D eigenvalue weighted by Gasteiger charge is 2.15. The molecule has 3 nitrogen and oxygen atoms in total. The molecule has 2 rings (SSSR count). The monoisotopic (exact) mass is 225 g/mol. The van der Waals surface area contributed by atoms with E-state index in [1.54, 1.807) is 0 Å². The molecule has 0 bridgehead atoms. The molecule has 1 aliphatic heterocycles. The van der Waals surface area contributed by atoms with Crippen molar-refractivity contribution in [2.45, 2.75) is 25.4 Å². The van der Waals surface area contributed by atoms with E-state index < -0.39 is 5.82 Å². The molecule has 0 aliphatic carbocycles.